The van der Waals surface area contributed by atoms with Gasteiger partial charge in [0.05, 0.1) is 11.3 Å². The molecule has 2 aromatic rings. The zero-order valence-corrected chi connectivity index (χ0v) is 13.0. The molecule has 0 atom stereocenters. The average molecular weight is 286 g/mol. The van der Waals surface area contributed by atoms with Crippen LogP contribution in [0.2, 0.25) is 0 Å². The average Bonchev–Trinajstić information content (AvgIpc) is 2.70. The quantitative estimate of drug-likeness (QED) is 0.887. The largest absolute Gasteiger partial charge is 0.322 e. The number of aromatic nitrogens is 2. The molecule has 21 heavy (non-hydrogen) atoms. The second-order valence-electron chi connectivity index (χ2n) is 5.10. The van der Waals surface area contributed by atoms with Crippen molar-refractivity contribution >= 4 is 11.6 Å². The van der Waals surface area contributed by atoms with Gasteiger partial charge in [-0.05, 0) is 38.1 Å². The van der Waals surface area contributed by atoms with Crippen LogP contribution in [0.15, 0.2) is 24.3 Å². The van der Waals surface area contributed by atoms with Gasteiger partial charge in [-0.2, -0.15) is 5.10 Å². The van der Waals surface area contributed by atoms with Gasteiger partial charge in [0.1, 0.15) is 0 Å². The number of aryl methyl sites for hydroxylation is 2. The Kier molecular flexibility index (Phi) is 4.75. The van der Waals surface area contributed by atoms with Crippen molar-refractivity contribution in [3.63, 3.8) is 0 Å². The summed E-state index contributed by atoms with van der Waals surface area (Å²) in [5.41, 5.74) is 4.21. The molecule has 0 aliphatic carbocycles. The monoisotopic (exact) mass is 286 g/mol. The third-order valence-electron chi connectivity index (χ3n) is 3.50. The summed E-state index contributed by atoms with van der Waals surface area (Å²) in [4.78, 5) is 12.4. The predicted octanol–water partition coefficient (Wildman–Crippen LogP) is 2.40. The minimum absolute atomic E-state index is 0.112. The summed E-state index contributed by atoms with van der Waals surface area (Å²) in [6, 6.07) is 7.88. The van der Waals surface area contributed by atoms with Gasteiger partial charge in [0.25, 0.3) is 5.91 Å². The van der Waals surface area contributed by atoms with Crippen LogP contribution in [-0.4, -0.2) is 22.2 Å². The summed E-state index contributed by atoms with van der Waals surface area (Å²) >= 11 is 0. The number of benzene rings is 1. The third-order valence-corrected chi connectivity index (χ3v) is 3.50. The lowest BCUT2D eigenvalue weighted by molar-refractivity contribution is 0.102. The van der Waals surface area contributed by atoms with Crippen LogP contribution in [0.4, 0.5) is 5.69 Å². The first-order valence-corrected chi connectivity index (χ1v) is 7.14. The Morgan fingerprint density at radius 3 is 2.71 bits per heavy atom. The predicted molar refractivity (Wildman–Crippen MR) is 84.5 cm³/mol. The number of nitrogens with one attached hydrogen (secondary N) is 2. The van der Waals surface area contributed by atoms with Crippen molar-refractivity contribution in [3.05, 3.63) is 46.8 Å². The van der Waals surface area contributed by atoms with Crippen molar-refractivity contribution < 1.29 is 4.79 Å². The lowest BCUT2D eigenvalue weighted by Gasteiger charge is -2.08. The van der Waals surface area contributed by atoms with Crippen molar-refractivity contribution in [1.29, 1.82) is 0 Å². The van der Waals surface area contributed by atoms with Gasteiger partial charge in [0.2, 0.25) is 0 Å². The summed E-state index contributed by atoms with van der Waals surface area (Å²) < 4.78 is 1.73. The topological polar surface area (TPSA) is 58.9 Å². The maximum Gasteiger partial charge on any atom is 0.259 e. The number of anilines is 1. The lowest BCUT2D eigenvalue weighted by Crippen LogP contribution is -2.15. The van der Waals surface area contributed by atoms with E-state index in [1.807, 2.05) is 45.2 Å². The smallest absolute Gasteiger partial charge is 0.259 e. The van der Waals surface area contributed by atoms with Gasteiger partial charge < -0.3 is 10.6 Å². The molecule has 1 amide bonds. The second kappa shape index (κ2) is 6.54. The number of carbonyl (C=O) groups excluding carboxylic acids is 1. The first-order valence-electron chi connectivity index (χ1n) is 7.14. The Bertz CT molecular complexity index is 646. The van der Waals surface area contributed by atoms with Gasteiger partial charge in [-0.15, -0.1) is 0 Å². The van der Waals surface area contributed by atoms with E-state index in [9.17, 15) is 4.79 Å². The van der Waals surface area contributed by atoms with Crippen LogP contribution < -0.4 is 10.6 Å². The molecule has 0 unspecified atom stereocenters. The molecule has 1 aromatic heterocycles. The van der Waals surface area contributed by atoms with Crippen LogP contribution in [-0.2, 0) is 13.6 Å². The molecule has 1 aromatic carbocycles. The van der Waals surface area contributed by atoms with E-state index in [1.165, 1.54) is 0 Å². The number of carbonyl (C=O) groups is 1. The molecule has 0 radical (unpaired) electrons. The van der Waals surface area contributed by atoms with E-state index in [0.29, 0.717) is 5.56 Å². The molecule has 112 valence electrons. The van der Waals surface area contributed by atoms with Crippen molar-refractivity contribution in [2.24, 2.45) is 7.05 Å². The Labute approximate surface area is 125 Å². The molecule has 0 spiro atoms. The second-order valence-corrected chi connectivity index (χ2v) is 5.10. The Hall–Kier alpha value is -2.14. The Morgan fingerprint density at radius 1 is 1.33 bits per heavy atom. The highest BCUT2D eigenvalue weighted by Gasteiger charge is 2.17. The SMILES string of the molecule is CCNCc1cccc(NC(=O)c2c(C)nn(C)c2C)c1. The summed E-state index contributed by atoms with van der Waals surface area (Å²) in [6.07, 6.45) is 0. The van der Waals surface area contributed by atoms with E-state index < -0.39 is 0 Å². The fourth-order valence-corrected chi connectivity index (χ4v) is 2.32. The molecule has 0 aliphatic rings. The van der Waals surface area contributed by atoms with Crippen LogP contribution in [0.5, 0.6) is 0 Å². The van der Waals surface area contributed by atoms with E-state index in [2.05, 4.69) is 22.7 Å². The van der Waals surface area contributed by atoms with Crippen molar-refractivity contribution in [2.75, 3.05) is 11.9 Å². The highest BCUT2D eigenvalue weighted by atomic mass is 16.1. The van der Waals surface area contributed by atoms with E-state index >= 15 is 0 Å². The summed E-state index contributed by atoms with van der Waals surface area (Å²) in [6.45, 7) is 7.54. The molecule has 5 nitrogen and oxygen atoms in total. The van der Waals surface area contributed by atoms with Gasteiger partial charge in [0.15, 0.2) is 0 Å². The van der Waals surface area contributed by atoms with Crippen LogP contribution >= 0.6 is 0 Å². The number of rotatable bonds is 5. The van der Waals surface area contributed by atoms with Gasteiger partial charge in [0, 0.05) is 25.0 Å². The van der Waals surface area contributed by atoms with E-state index in [-0.39, 0.29) is 5.91 Å². The Balaban J connectivity index is 2.16. The van der Waals surface area contributed by atoms with Crippen LogP contribution in [0.3, 0.4) is 0 Å². The maximum atomic E-state index is 12.4. The van der Waals surface area contributed by atoms with Crippen molar-refractivity contribution in [1.82, 2.24) is 15.1 Å². The number of nitrogens with zero attached hydrogens (tertiary/aromatic N) is 2. The van der Waals surface area contributed by atoms with E-state index in [4.69, 9.17) is 0 Å². The standard InChI is InChI=1S/C16H22N4O/c1-5-17-10-13-7-6-8-14(9-13)18-16(21)15-11(2)19-20(4)12(15)3/h6-9,17H,5,10H2,1-4H3,(H,18,21). The van der Waals surface area contributed by atoms with E-state index in [1.54, 1.807) is 4.68 Å². The van der Waals surface area contributed by atoms with Gasteiger partial charge in [-0.25, -0.2) is 0 Å². The summed E-state index contributed by atoms with van der Waals surface area (Å²) in [5.74, 6) is -0.112. The molecule has 2 rings (SSSR count). The molecule has 0 saturated heterocycles. The maximum absolute atomic E-state index is 12.4. The zero-order valence-electron chi connectivity index (χ0n) is 13.0. The number of hydrogen-bond acceptors (Lipinski definition) is 3. The molecule has 0 fully saturated rings. The minimum Gasteiger partial charge on any atom is -0.322 e. The van der Waals surface area contributed by atoms with Crippen LogP contribution in [0.25, 0.3) is 0 Å². The third kappa shape index (κ3) is 3.49. The van der Waals surface area contributed by atoms with Crippen LogP contribution in [0, 0.1) is 13.8 Å². The fourth-order valence-electron chi connectivity index (χ4n) is 2.32. The highest BCUT2D eigenvalue weighted by molar-refractivity contribution is 6.05. The highest BCUT2D eigenvalue weighted by Crippen LogP contribution is 2.16. The molecule has 1 heterocycles. The molecule has 5 heteroatoms. The molecular formula is C16H22N4O. The van der Waals surface area contributed by atoms with Gasteiger partial charge >= 0.3 is 0 Å². The number of amides is 1. The summed E-state index contributed by atoms with van der Waals surface area (Å²) in [5, 5.41) is 10.5. The Morgan fingerprint density at radius 2 is 2.10 bits per heavy atom. The van der Waals surface area contributed by atoms with Gasteiger partial charge in [-0.1, -0.05) is 19.1 Å². The molecule has 0 aliphatic heterocycles. The van der Waals surface area contributed by atoms with Crippen molar-refractivity contribution in [3.8, 4) is 0 Å². The first-order chi connectivity index (χ1) is 10.0. The number of hydrogen-bond donors (Lipinski definition) is 2. The van der Waals surface area contributed by atoms with Crippen molar-refractivity contribution in [2.45, 2.75) is 27.3 Å². The minimum atomic E-state index is -0.112. The summed E-state index contributed by atoms with van der Waals surface area (Å²) in [7, 11) is 1.84. The molecule has 2 N–H and O–H groups in total. The fraction of sp³-hybridized carbons (Fsp3) is 0.375. The van der Waals surface area contributed by atoms with E-state index in [0.717, 1.165) is 35.7 Å². The normalized spacial score (nSPS) is 10.7. The van der Waals surface area contributed by atoms with Crippen LogP contribution in [0.1, 0.15) is 34.2 Å². The molecule has 0 bridgehead atoms. The molecular weight excluding hydrogens is 264 g/mol. The lowest BCUT2D eigenvalue weighted by atomic mass is 10.1. The first kappa shape index (κ1) is 15.3. The molecule has 0 saturated carbocycles. The zero-order chi connectivity index (χ0) is 15.4. The van der Waals surface area contributed by atoms with Gasteiger partial charge in [-0.3, -0.25) is 9.48 Å².